The molecule has 0 saturated heterocycles. The van der Waals surface area contributed by atoms with Crippen molar-refractivity contribution >= 4 is 13.6 Å². The summed E-state index contributed by atoms with van der Waals surface area (Å²) in [6, 6.07) is 8.27. The van der Waals surface area contributed by atoms with Gasteiger partial charge in [0.2, 0.25) is 0 Å². The molecule has 0 amide bonds. The van der Waals surface area contributed by atoms with Crippen LogP contribution in [0.4, 0.5) is 0 Å². The van der Waals surface area contributed by atoms with Crippen LogP contribution in [0, 0.1) is 0 Å². The van der Waals surface area contributed by atoms with Gasteiger partial charge in [-0.25, -0.2) is 4.57 Å². The van der Waals surface area contributed by atoms with Gasteiger partial charge in [-0.2, -0.15) is 0 Å². The summed E-state index contributed by atoms with van der Waals surface area (Å²) in [5.74, 6) is -0.348. The zero-order valence-electron chi connectivity index (χ0n) is 10.4. The summed E-state index contributed by atoms with van der Waals surface area (Å²) < 4.78 is 26.7. The normalized spacial score (nSPS) is 15.3. The van der Waals surface area contributed by atoms with E-state index < -0.39 is 26.3 Å². The Bertz CT molecular complexity index is 472. The molecule has 6 nitrogen and oxygen atoms in total. The van der Waals surface area contributed by atoms with Gasteiger partial charge in [0.05, 0.1) is 6.61 Å². The number of ketones is 1. The fourth-order valence-corrected chi connectivity index (χ4v) is 2.04. The van der Waals surface area contributed by atoms with Crippen LogP contribution in [0.3, 0.4) is 0 Å². The maximum absolute atomic E-state index is 12.1. The minimum absolute atomic E-state index is 0.289. The third kappa shape index (κ3) is 4.96. The third-order valence-corrected chi connectivity index (χ3v) is 3.45. The molecule has 0 saturated carbocycles. The van der Waals surface area contributed by atoms with Crippen molar-refractivity contribution < 1.29 is 28.0 Å². The van der Waals surface area contributed by atoms with Gasteiger partial charge >= 0.3 is 7.82 Å². The van der Waals surface area contributed by atoms with Crippen LogP contribution in [-0.2, 0) is 18.4 Å². The van der Waals surface area contributed by atoms with E-state index in [4.69, 9.17) is 9.05 Å². The molecule has 7 heteroatoms. The topological polar surface area (TPSA) is 82.1 Å². The van der Waals surface area contributed by atoms with Crippen LogP contribution in [0.15, 0.2) is 43.0 Å². The molecule has 0 bridgehead atoms. The van der Waals surface area contributed by atoms with Gasteiger partial charge in [0.25, 0.3) is 0 Å². The first-order valence-electron chi connectivity index (χ1n) is 5.40. The molecule has 0 aliphatic carbocycles. The molecule has 1 N–H and O–H groups in total. The summed E-state index contributed by atoms with van der Waals surface area (Å²) in [6.45, 7) is 2.71. The van der Waals surface area contributed by atoms with E-state index in [9.17, 15) is 14.5 Å². The summed E-state index contributed by atoms with van der Waals surface area (Å²) in [5, 5.41) is 9.36. The second-order valence-electron chi connectivity index (χ2n) is 3.45. The van der Waals surface area contributed by atoms with Crippen LogP contribution in [0.1, 0.15) is 0 Å². The maximum Gasteiger partial charge on any atom is 0.529 e. The molecule has 1 aromatic carbocycles. The highest BCUT2D eigenvalue weighted by molar-refractivity contribution is 7.48. The quantitative estimate of drug-likeness (QED) is 0.581. The lowest BCUT2D eigenvalue weighted by Crippen LogP contribution is -2.24. The summed E-state index contributed by atoms with van der Waals surface area (Å²) in [4.78, 5) is 11.1. The Balaban J connectivity index is 2.63. The van der Waals surface area contributed by atoms with Gasteiger partial charge in [0, 0.05) is 7.11 Å². The number of carbonyl (C=O) groups excluding carboxylic acids is 1. The Labute approximate surface area is 111 Å². The Kier molecular flexibility index (Phi) is 5.92. The zero-order valence-corrected chi connectivity index (χ0v) is 11.3. The number of hydrogen-bond acceptors (Lipinski definition) is 6. The molecular formula is C12H15O6P. The molecule has 0 aromatic heterocycles. The van der Waals surface area contributed by atoms with E-state index in [1.165, 1.54) is 0 Å². The minimum Gasteiger partial charge on any atom is -0.404 e. The molecule has 0 fully saturated rings. The highest BCUT2D eigenvalue weighted by Crippen LogP contribution is 2.48. The second kappa shape index (κ2) is 7.21. The number of phosphoric ester groups is 1. The maximum atomic E-state index is 12.1. The average molecular weight is 286 g/mol. The van der Waals surface area contributed by atoms with Crippen molar-refractivity contribution in [2.45, 2.75) is 6.10 Å². The smallest absolute Gasteiger partial charge is 0.404 e. The molecule has 0 aliphatic heterocycles. The number of rotatable bonds is 8. The first kappa shape index (κ1) is 15.6. The molecule has 1 aromatic rings. The Morgan fingerprint density at radius 3 is 2.63 bits per heavy atom. The van der Waals surface area contributed by atoms with Crippen LogP contribution in [0.5, 0.6) is 5.75 Å². The molecule has 0 spiro atoms. The van der Waals surface area contributed by atoms with Crippen molar-refractivity contribution in [3.05, 3.63) is 43.0 Å². The van der Waals surface area contributed by atoms with E-state index in [0.29, 0.717) is 0 Å². The highest BCUT2D eigenvalue weighted by Gasteiger charge is 2.29. The van der Waals surface area contributed by atoms with Gasteiger partial charge in [-0.1, -0.05) is 24.8 Å². The second-order valence-corrected chi connectivity index (χ2v) is 5.15. The van der Waals surface area contributed by atoms with Crippen LogP contribution < -0.4 is 4.52 Å². The van der Waals surface area contributed by atoms with Gasteiger partial charge in [0.15, 0.2) is 5.78 Å². The van der Waals surface area contributed by atoms with Crippen LogP contribution in [0.25, 0.3) is 0 Å². The number of hydrogen-bond donors (Lipinski definition) is 1. The minimum atomic E-state index is -3.87. The number of para-hydroxylation sites is 1. The number of benzene rings is 1. The number of carbonyl (C=O) groups is 1. The van der Waals surface area contributed by atoms with Gasteiger partial charge in [-0.05, 0) is 18.2 Å². The lowest BCUT2D eigenvalue weighted by atomic mass is 10.2. The molecule has 104 valence electrons. The van der Waals surface area contributed by atoms with Crippen LogP contribution in [0.2, 0.25) is 0 Å². The lowest BCUT2D eigenvalue weighted by Gasteiger charge is -2.17. The van der Waals surface area contributed by atoms with Gasteiger partial charge in [-0.3, -0.25) is 13.8 Å². The Morgan fingerprint density at radius 1 is 1.47 bits per heavy atom. The van der Waals surface area contributed by atoms with Crippen molar-refractivity contribution in [3.63, 3.8) is 0 Å². The van der Waals surface area contributed by atoms with E-state index in [0.717, 1.165) is 13.2 Å². The summed E-state index contributed by atoms with van der Waals surface area (Å²) in [7, 11) is -2.73. The van der Waals surface area contributed by atoms with Crippen molar-refractivity contribution in [1.29, 1.82) is 0 Å². The predicted octanol–water partition coefficient (Wildman–Crippen LogP) is 1.95. The Hall–Kier alpha value is -1.46. The summed E-state index contributed by atoms with van der Waals surface area (Å²) in [6.07, 6.45) is -0.510. The highest BCUT2D eigenvalue weighted by atomic mass is 31.2. The van der Waals surface area contributed by atoms with Crippen molar-refractivity contribution in [3.8, 4) is 5.75 Å². The van der Waals surface area contributed by atoms with E-state index in [1.807, 2.05) is 0 Å². The van der Waals surface area contributed by atoms with Gasteiger partial charge in [0.1, 0.15) is 11.9 Å². The molecule has 0 heterocycles. The van der Waals surface area contributed by atoms with Crippen LogP contribution in [-0.4, -0.2) is 30.7 Å². The number of aliphatic hydroxyl groups excluding tert-OH is 1. The third-order valence-electron chi connectivity index (χ3n) is 2.10. The van der Waals surface area contributed by atoms with Gasteiger partial charge < -0.3 is 9.63 Å². The molecule has 2 unspecified atom stereocenters. The average Bonchev–Trinajstić information content (AvgIpc) is 2.45. The zero-order chi connectivity index (χ0) is 14.3. The summed E-state index contributed by atoms with van der Waals surface area (Å²) >= 11 is 0. The number of aliphatic hydroxyl groups is 1. The van der Waals surface area contributed by atoms with Crippen molar-refractivity contribution in [2.75, 3.05) is 13.7 Å². The summed E-state index contributed by atoms with van der Waals surface area (Å²) in [5.41, 5.74) is 0. The molecule has 0 aliphatic rings. The van der Waals surface area contributed by atoms with E-state index in [2.05, 4.69) is 11.1 Å². The molecule has 0 radical (unpaired) electrons. The van der Waals surface area contributed by atoms with Crippen molar-refractivity contribution in [2.24, 2.45) is 0 Å². The van der Waals surface area contributed by atoms with Crippen LogP contribution >= 0.6 is 7.82 Å². The molecular weight excluding hydrogens is 271 g/mol. The van der Waals surface area contributed by atoms with Gasteiger partial charge in [-0.15, -0.1) is 0 Å². The largest absolute Gasteiger partial charge is 0.529 e. The SMILES string of the molecule is C=CC(=O)C(O)COP(=O)(OC)Oc1ccccc1. The molecule has 19 heavy (non-hydrogen) atoms. The monoisotopic (exact) mass is 286 g/mol. The lowest BCUT2D eigenvalue weighted by molar-refractivity contribution is -0.123. The first-order valence-corrected chi connectivity index (χ1v) is 6.86. The predicted molar refractivity (Wildman–Crippen MR) is 68.8 cm³/mol. The fourth-order valence-electron chi connectivity index (χ4n) is 1.11. The number of phosphoric acid groups is 1. The van der Waals surface area contributed by atoms with E-state index >= 15 is 0 Å². The standard InChI is InChI=1S/C12H15O6P/c1-3-11(13)12(14)9-17-19(15,16-2)18-10-7-5-4-6-8-10/h3-8,12,14H,1,9H2,2H3. The first-order chi connectivity index (χ1) is 9.00. The van der Waals surface area contributed by atoms with E-state index in [-0.39, 0.29) is 5.75 Å². The molecule has 1 rings (SSSR count). The van der Waals surface area contributed by atoms with E-state index in [1.54, 1.807) is 30.3 Å². The molecule has 2 atom stereocenters. The Morgan fingerprint density at radius 2 is 2.11 bits per heavy atom. The van der Waals surface area contributed by atoms with Crippen molar-refractivity contribution in [1.82, 2.24) is 0 Å². The fraction of sp³-hybridized carbons (Fsp3) is 0.250.